The van der Waals surface area contributed by atoms with Gasteiger partial charge in [0.15, 0.2) is 11.6 Å². The Hall–Kier alpha value is -1.53. The maximum atomic E-state index is 13.7. The smallest absolute Gasteiger partial charge is 0.201 e. The van der Waals surface area contributed by atoms with Gasteiger partial charge in [0.2, 0.25) is 5.82 Å². The van der Waals surface area contributed by atoms with Crippen molar-refractivity contribution < 1.29 is 13.5 Å². The van der Waals surface area contributed by atoms with Gasteiger partial charge in [0.25, 0.3) is 0 Å². The van der Waals surface area contributed by atoms with Gasteiger partial charge in [0.1, 0.15) is 5.75 Å². The summed E-state index contributed by atoms with van der Waals surface area (Å²) in [7, 11) is 0. The molecule has 0 aliphatic carbocycles. The lowest BCUT2D eigenvalue weighted by Gasteiger charge is -2.11. The van der Waals surface area contributed by atoms with E-state index in [0.717, 1.165) is 18.1 Å². The minimum absolute atomic E-state index is 0.0297. The van der Waals surface area contributed by atoms with E-state index in [2.05, 4.69) is 20.9 Å². The van der Waals surface area contributed by atoms with Crippen molar-refractivity contribution in [1.29, 1.82) is 0 Å². The highest BCUT2D eigenvalue weighted by molar-refractivity contribution is 9.10. The lowest BCUT2D eigenvalue weighted by Crippen LogP contribution is -2.21. The number of benzene rings is 1. The maximum Gasteiger partial charge on any atom is 0.201 e. The molecule has 21 heavy (non-hydrogen) atoms. The zero-order chi connectivity index (χ0) is 15.4. The number of hydrogen-bond donors (Lipinski definition) is 1. The van der Waals surface area contributed by atoms with Gasteiger partial charge in [-0.05, 0) is 36.6 Å². The normalized spacial score (nSPS) is 12.2. The predicted octanol–water partition coefficient (Wildman–Crippen LogP) is 4.19. The summed E-state index contributed by atoms with van der Waals surface area (Å²) in [5, 5.41) is 0. The largest absolute Gasteiger partial charge is 0.452 e. The molecule has 2 aromatic rings. The van der Waals surface area contributed by atoms with Crippen LogP contribution in [-0.2, 0) is 6.42 Å². The van der Waals surface area contributed by atoms with Gasteiger partial charge in [0, 0.05) is 16.7 Å². The van der Waals surface area contributed by atoms with Crippen molar-refractivity contribution in [3.05, 3.63) is 52.3 Å². The second kappa shape index (κ2) is 6.95. The lowest BCUT2D eigenvalue weighted by molar-refractivity contribution is 0.414. The third-order valence-electron chi connectivity index (χ3n) is 2.98. The summed E-state index contributed by atoms with van der Waals surface area (Å²) in [4.78, 5) is 4.03. The molecule has 0 spiro atoms. The fourth-order valence-corrected chi connectivity index (χ4v) is 2.22. The number of aromatic nitrogens is 1. The number of nitrogens with two attached hydrogens (primary N) is 1. The molecular formula is C15H15BrF2N2O. The molecule has 2 rings (SSSR count). The van der Waals surface area contributed by atoms with E-state index in [-0.39, 0.29) is 11.8 Å². The van der Waals surface area contributed by atoms with Gasteiger partial charge < -0.3 is 10.5 Å². The fraction of sp³-hybridized carbons (Fsp3) is 0.267. The van der Waals surface area contributed by atoms with Gasteiger partial charge in [-0.25, -0.2) is 4.39 Å². The second-order valence-corrected chi connectivity index (χ2v) is 5.62. The van der Waals surface area contributed by atoms with E-state index < -0.39 is 11.6 Å². The predicted molar refractivity (Wildman–Crippen MR) is 80.3 cm³/mol. The summed E-state index contributed by atoms with van der Waals surface area (Å²) in [6.45, 7) is 2.00. The van der Waals surface area contributed by atoms with Gasteiger partial charge in [0.05, 0.1) is 6.20 Å². The quantitative estimate of drug-likeness (QED) is 0.817. The average Bonchev–Trinajstić information content (AvgIpc) is 2.44. The van der Waals surface area contributed by atoms with Gasteiger partial charge in [-0.3, -0.25) is 4.98 Å². The number of hydrogen-bond acceptors (Lipinski definition) is 3. The van der Waals surface area contributed by atoms with Crippen LogP contribution in [0.2, 0.25) is 0 Å². The van der Waals surface area contributed by atoms with Crippen molar-refractivity contribution in [2.45, 2.75) is 25.8 Å². The molecule has 6 heteroatoms. The van der Waals surface area contributed by atoms with Crippen molar-refractivity contribution in [1.82, 2.24) is 4.98 Å². The van der Waals surface area contributed by atoms with Crippen LogP contribution in [0, 0.1) is 11.6 Å². The van der Waals surface area contributed by atoms with Gasteiger partial charge >= 0.3 is 0 Å². The van der Waals surface area contributed by atoms with E-state index in [1.54, 1.807) is 12.3 Å². The third kappa shape index (κ3) is 4.22. The Labute approximate surface area is 130 Å². The standard InChI is InChI=1S/C15H15BrF2N2O/c1-2-11(19)3-9-4-12(8-20-7-9)21-14-6-10(16)5-13(17)15(14)18/h4-8,11H,2-3,19H2,1H3. The van der Waals surface area contributed by atoms with Crippen LogP contribution in [0.25, 0.3) is 0 Å². The van der Waals surface area contributed by atoms with Crippen LogP contribution < -0.4 is 10.5 Å². The molecule has 0 bridgehead atoms. The molecular weight excluding hydrogens is 342 g/mol. The van der Waals surface area contributed by atoms with Gasteiger partial charge in [-0.2, -0.15) is 4.39 Å². The molecule has 0 saturated heterocycles. The van der Waals surface area contributed by atoms with Crippen molar-refractivity contribution in [2.75, 3.05) is 0 Å². The first-order chi connectivity index (χ1) is 9.99. The molecule has 3 nitrogen and oxygen atoms in total. The Balaban J connectivity index is 2.22. The highest BCUT2D eigenvalue weighted by atomic mass is 79.9. The Bertz CT molecular complexity index is 637. The molecule has 0 radical (unpaired) electrons. The minimum atomic E-state index is -1.03. The molecule has 2 N–H and O–H groups in total. The van der Waals surface area contributed by atoms with Crippen LogP contribution in [0.5, 0.6) is 11.5 Å². The van der Waals surface area contributed by atoms with E-state index in [9.17, 15) is 8.78 Å². The molecule has 1 heterocycles. The molecule has 0 saturated carbocycles. The topological polar surface area (TPSA) is 48.1 Å². The lowest BCUT2D eigenvalue weighted by atomic mass is 10.1. The van der Waals surface area contributed by atoms with Gasteiger partial charge in [-0.15, -0.1) is 0 Å². The molecule has 1 atom stereocenters. The summed E-state index contributed by atoms with van der Waals surface area (Å²) < 4.78 is 32.8. The molecule has 1 aromatic carbocycles. The van der Waals surface area contributed by atoms with E-state index >= 15 is 0 Å². The van der Waals surface area contributed by atoms with Crippen molar-refractivity contribution >= 4 is 15.9 Å². The Kier molecular flexibility index (Phi) is 5.25. The van der Waals surface area contributed by atoms with Crippen LogP contribution in [0.4, 0.5) is 8.78 Å². The fourth-order valence-electron chi connectivity index (χ4n) is 1.81. The van der Waals surface area contributed by atoms with Crippen LogP contribution in [-0.4, -0.2) is 11.0 Å². The molecule has 112 valence electrons. The zero-order valence-electron chi connectivity index (χ0n) is 11.4. The highest BCUT2D eigenvalue weighted by Crippen LogP contribution is 2.29. The molecule has 0 fully saturated rings. The first-order valence-electron chi connectivity index (χ1n) is 6.51. The van der Waals surface area contributed by atoms with Crippen LogP contribution in [0.1, 0.15) is 18.9 Å². The molecule has 0 aliphatic rings. The van der Waals surface area contributed by atoms with Crippen molar-refractivity contribution in [2.24, 2.45) is 5.73 Å². The monoisotopic (exact) mass is 356 g/mol. The maximum absolute atomic E-state index is 13.7. The Morgan fingerprint density at radius 2 is 2.05 bits per heavy atom. The summed E-state index contributed by atoms with van der Waals surface area (Å²) in [6.07, 6.45) is 4.62. The molecule has 0 amide bonds. The van der Waals surface area contributed by atoms with Crippen LogP contribution in [0.3, 0.4) is 0 Å². The Morgan fingerprint density at radius 3 is 2.76 bits per heavy atom. The zero-order valence-corrected chi connectivity index (χ0v) is 13.0. The van der Waals surface area contributed by atoms with Crippen molar-refractivity contribution in [3.8, 4) is 11.5 Å². The number of nitrogens with zero attached hydrogens (tertiary/aromatic N) is 1. The Morgan fingerprint density at radius 1 is 1.29 bits per heavy atom. The minimum Gasteiger partial charge on any atom is -0.452 e. The summed E-state index contributed by atoms with van der Waals surface area (Å²) >= 11 is 3.10. The number of pyridine rings is 1. The average molecular weight is 357 g/mol. The molecule has 0 aliphatic heterocycles. The molecule has 1 unspecified atom stereocenters. The third-order valence-corrected chi connectivity index (χ3v) is 3.44. The summed E-state index contributed by atoms with van der Waals surface area (Å²) in [5.74, 6) is -1.86. The van der Waals surface area contributed by atoms with Crippen LogP contribution in [0.15, 0.2) is 35.1 Å². The number of halogens is 3. The number of ether oxygens (including phenoxy) is 1. The van der Waals surface area contributed by atoms with E-state index in [1.165, 1.54) is 12.3 Å². The molecule has 1 aromatic heterocycles. The van der Waals surface area contributed by atoms with Gasteiger partial charge in [-0.1, -0.05) is 22.9 Å². The van der Waals surface area contributed by atoms with Crippen molar-refractivity contribution in [3.63, 3.8) is 0 Å². The second-order valence-electron chi connectivity index (χ2n) is 4.70. The first-order valence-corrected chi connectivity index (χ1v) is 7.30. The summed E-state index contributed by atoms with van der Waals surface area (Å²) in [5.41, 5.74) is 6.77. The summed E-state index contributed by atoms with van der Waals surface area (Å²) in [6, 6.07) is 4.16. The SMILES string of the molecule is CCC(N)Cc1cncc(Oc2cc(Br)cc(F)c2F)c1. The van der Waals surface area contributed by atoms with E-state index in [4.69, 9.17) is 10.5 Å². The first kappa shape index (κ1) is 15.9. The number of rotatable bonds is 5. The van der Waals surface area contributed by atoms with Crippen LogP contribution >= 0.6 is 15.9 Å². The highest BCUT2D eigenvalue weighted by Gasteiger charge is 2.13. The van der Waals surface area contributed by atoms with E-state index in [1.807, 2.05) is 6.92 Å². The van der Waals surface area contributed by atoms with E-state index in [0.29, 0.717) is 16.6 Å².